The van der Waals surface area contributed by atoms with E-state index in [1.54, 1.807) is 0 Å². The molecule has 1 aliphatic rings. The van der Waals surface area contributed by atoms with Gasteiger partial charge in [-0.1, -0.05) is 53.0 Å². The van der Waals surface area contributed by atoms with Crippen molar-refractivity contribution >= 4 is 27.5 Å². The summed E-state index contributed by atoms with van der Waals surface area (Å²) in [6.07, 6.45) is 6.20. The average Bonchev–Trinajstić information content (AvgIpc) is 2.46. The molecule has 0 spiro atoms. The van der Waals surface area contributed by atoms with Gasteiger partial charge >= 0.3 is 0 Å². The smallest absolute Gasteiger partial charge is 0.0783 e. The molecular weight excluding hydrogens is 324 g/mol. The van der Waals surface area contributed by atoms with E-state index in [1.807, 2.05) is 18.2 Å². The van der Waals surface area contributed by atoms with Crippen LogP contribution in [0.4, 0.5) is 0 Å². The maximum absolute atomic E-state index is 6.25. The van der Waals surface area contributed by atoms with E-state index < -0.39 is 0 Å². The SMILES string of the molecule is CCC1CCC(CBr)(OCc2cccc(Cl)c2)CC1. The van der Waals surface area contributed by atoms with Crippen LogP contribution in [0, 0.1) is 5.92 Å². The molecule has 1 aromatic carbocycles. The zero-order valence-corrected chi connectivity index (χ0v) is 13.8. The zero-order chi connectivity index (χ0) is 13.7. The summed E-state index contributed by atoms with van der Waals surface area (Å²) in [4.78, 5) is 0. The van der Waals surface area contributed by atoms with Gasteiger partial charge in [-0.3, -0.25) is 0 Å². The Morgan fingerprint density at radius 1 is 1.37 bits per heavy atom. The fraction of sp³-hybridized carbons (Fsp3) is 0.625. The molecule has 1 nitrogen and oxygen atoms in total. The molecule has 2 rings (SSSR count). The Kier molecular flexibility index (Phi) is 5.73. The Labute approximate surface area is 129 Å². The van der Waals surface area contributed by atoms with Gasteiger partial charge in [0.25, 0.3) is 0 Å². The van der Waals surface area contributed by atoms with Gasteiger partial charge in [-0.2, -0.15) is 0 Å². The first-order valence-corrected chi connectivity index (χ1v) is 8.62. The van der Waals surface area contributed by atoms with Crippen molar-refractivity contribution in [3.05, 3.63) is 34.9 Å². The third-order valence-electron chi connectivity index (χ3n) is 4.27. The predicted octanol–water partition coefficient (Wildman–Crippen LogP) is 5.59. The minimum absolute atomic E-state index is 0.0218. The van der Waals surface area contributed by atoms with Crippen molar-refractivity contribution in [1.29, 1.82) is 0 Å². The van der Waals surface area contributed by atoms with Gasteiger partial charge in [0.1, 0.15) is 0 Å². The second-order valence-corrected chi connectivity index (χ2v) is 6.58. The molecule has 0 atom stereocenters. The number of benzene rings is 1. The summed E-state index contributed by atoms with van der Waals surface area (Å²) in [5.41, 5.74) is 1.18. The average molecular weight is 346 g/mol. The first kappa shape index (κ1) is 15.3. The van der Waals surface area contributed by atoms with Crippen LogP contribution >= 0.6 is 27.5 Å². The van der Waals surface area contributed by atoms with Gasteiger partial charge in [-0.15, -0.1) is 0 Å². The summed E-state index contributed by atoms with van der Waals surface area (Å²) in [6.45, 7) is 2.95. The van der Waals surface area contributed by atoms with Crippen LogP contribution in [0.15, 0.2) is 24.3 Å². The van der Waals surface area contributed by atoms with Gasteiger partial charge in [0.15, 0.2) is 0 Å². The third kappa shape index (κ3) is 4.21. The Morgan fingerprint density at radius 3 is 2.68 bits per heavy atom. The highest BCUT2D eigenvalue weighted by molar-refractivity contribution is 9.09. The van der Waals surface area contributed by atoms with Crippen molar-refractivity contribution in [2.24, 2.45) is 5.92 Å². The second-order valence-electron chi connectivity index (χ2n) is 5.59. The van der Waals surface area contributed by atoms with Crippen LogP contribution in [0.25, 0.3) is 0 Å². The lowest BCUT2D eigenvalue weighted by atomic mass is 9.78. The lowest BCUT2D eigenvalue weighted by Gasteiger charge is -2.39. The van der Waals surface area contributed by atoms with Crippen LogP contribution < -0.4 is 0 Å². The van der Waals surface area contributed by atoms with Crippen molar-refractivity contribution in [1.82, 2.24) is 0 Å². The Hall–Kier alpha value is -0.0500. The summed E-state index contributed by atoms with van der Waals surface area (Å²) in [5, 5.41) is 1.71. The molecule has 3 heteroatoms. The van der Waals surface area contributed by atoms with Crippen LogP contribution in [0.5, 0.6) is 0 Å². The summed E-state index contributed by atoms with van der Waals surface area (Å²) in [5.74, 6) is 0.891. The highest BCUT2D eigenvalue weighted by Crippen LogP contribution is 2.38. The van der Waals surface area contributed by atoms with Crippen molar-refractivity contribution < 1.29 is 4.74 Å². The zero-order valence-electron chi connectivity index (χ0n) is 11.5. The number of rotatable bonds is 5. The molecule has 1 fully saturated rings. The van der Waals surface area contributed by atoms with E-state index in [-0.39, 0.29) is 5.60 Å². The van der Waals surface area contributed by atoms with Crippen molar-refractivity contribution in [2.75, 3.05) is 5.33 Å². The van der Waals surface area contributed by atoms with Crippen molar-refractivity contribution in [3.63, 3.8) is 0 Å². The normalized spacial score (nSPS) is 27.4. The summed E-state index contributed by atoms with van der Waals surface area (Å²) in [7, 11) is 0. The molecule has 0 radical (unpaired) electrons. The summed E-state index contributed by atoms with van der Waals surface area (Å²) in [6, 6.07) is 7.94. The van der Waals surface area contributed by atoms with E-state index in [1.165, 1.54) is 19.3 Å². The van der Waals surface area contributed by atoms with E-state index >= 15 is 0 Å². The highest BCUT2D eigenvalue weighted by atomic mass is 79.9. The van der Waals surface area contributed by atoms with Gasteiger partial charge in [-0.05, 0) is 49.3 Å². The molecule has 19 heavy (non-hydrogen) atoms. The van der Waals surface area contributed by atoms with Gasteiger partial charge in [0, 0.05) is 10.4 Å². The van der Waals surface area contributed by atoms with Gasteiger partial charge in [0.2, 0.25) is 0 Å². The summed E-state index contributed by atoms with van der Waals surface area (Å²) >= 11 is 9.65. The van der Waals surface area contributed by atoms with Crippen LogP contribution in [-0.2, 0) is 11.3 Å². The number of halogens is 2. The molecule has 0 N–H and O–H groups in total. The van der Waals surface area contributed by atoms with Crippen LogP contribution in [0.1, 0.15) is 44.6 Å². The Morgan fingerprint density at radius 2 is 2.11 bits per heavy atom. The highest BCUT2D eigenvalue weighted by Gasteiger charge is 2.34. The molecule has 0 bridgehead atoms. The summed E-state index contributed by atoms with van der Waals surface area (Å²) < 4.78 is 6.25. The van der Waals surface area contributed by atoms with E-state index in [0.717, 1.165) is 34.7 Å². The topological polar surface area (TPSA) is 9.23 Å². The lowest BCUT2D eigenvalue weighted by molar-refractivity contribution is -0.0702. The molecule has 0 unspecified atom stereocenters. The molecule has 0 amide bonds. The number of ether oxygens (including phenoxy) is 1. The first-order valence-electron chi connectivity index (χ1n) is 7.12. The molecule has 0 aromatic heterocycles. The second kappa shape index (κ2) is 7.10. The molecule has 106 valence electrons. The van der Waals surface area contributed by atoms with Crippen LogP contribution in [-0.4, -0.2) is 10.9 Å². The van der Waals surface area contributed by atoms with E-state index in [2.05, 4.69) is 28.9 Å². The monoisotopic (exact) mass is 344 g/mol. The standard InChI is InChI=1S/C16H22BrClO/c1-2-13-6-8-16(12-17,9-7-13)19-11-14-4-3-5-15(18)10-14/h3-5,10,13H,2,6-9,11-12H2,1H3. The third-order valence-corrected chi connectivity index (χ3v) is 5.53. The number of alkyl halides is 1. The maximum Gasteiger partial charge on any atom is 0.0783 e. The number of hydrogen-bond acceptors (Lipinski definition) is 1. The molecule has 0 aliphatic heterocycles. The van der Waals surface area contributed by atoms with E-state index in [9.17, 15) is 0 Å². The molecule has 1 saturated carbocycles. The van der Waals surface area contributed by atoms with Crippen LogP contribution in [0.3, 0.4) is 0 Å². The molecule has 1 aliphatic carbocycles. The minimum atomic E-state index is 0.0218. The Bertz CT molecular complexity index is 399. The minimum Gasteiger partial charge on any atom is -0.369 e. The quantitative estimate of drug-likeness (QED) is 0.632. The predicted molar refractivity (Wildman–Crippen MR) is 85.0 cm³/mol. The molecule has 0 heterocycles. The fourth-order valence-electron chi connectivity index (χ4n) is 2.79. The van der Waals surface area contributed by atoms with Gasteiger partial charge in [-0.25, -0.2) is 0 Å². The largest absolute Gasteiger partial charge is 0.369 e. The fourth-order valence-corrected chi connectivity index (χ4v) is 3.73. The van der Waals surface area contributed by atoms with E-state index in [4.69, 9.17) is 16.3 Å². The maximum atomic E-state index is 6.25. The molecule has 0 saturated heterocycles. The lowest BCUT2D eigenvalue weighted by Crippen LogP contribution is -2.38. The first-order chi connectivity index (χ1) is 9.17. The molecule has 1 aromatic rings. The van der Waals surface area contributed by atoms with Crippen molar-refractivity contribution in [3.8, 4) is 0 Å². The molecular formula is C16H22BrClO. The van der Waals surface area contributed by atoms with Gasteiger partial charge in [0.05, 0.1) is 12.2 Å². The van der Waals surface area contributed by atoms with Crippen molar-refractivity contribution in [2.45, 2.75) is 51.2 Å². The van der Waals surface area contributed by atoms with Gasteiger partial charge < -0.3 is 4.74 Å². The van der Waals surface area contributed by atoms with Crippen LogP contribution in [0.2, 0.25) is 5.02 Å². The Balaban J connectivity index is 1.92. The van der Waals surface area contributed by atoms with E-state index in [0.29, 0.717) is 6.61 Å². The number of hydrogen-bond donors (Lipinski definition) is 0.